The molecular weight excluding hydrogens is 174 g/mol. The van der Waals surface area contributed by atoms with Crippen molar-refractivity contribution < 1.29 is 4.79 Å². The molecule has 0 aromatic rings. The molecule has 0 rings (SSSR count). The quantitative estimate of drug-likeness (QED) is 0.725. The lowest BCUT2D eigenvalue weighted by Gasteiger charge is -2.23. The topological polar surface area (TPSA) is 29.1 Å². The van der Waals surface area contributed by atoms with Crippen LogP contribution in [0.25, 0.3) is 0 Å². The van der Waals surface area contributed by atoms with Crippen LogP contribution >= 0.6 is 11.6 Å². The molecule has 1 N–H and O–H groups in total. The Labute approximate surface area is 79.0 Å². The number of hydrogen-bond acceptors (Lipinski definition) is 1. The molecule has 0 heterocycles. The summed E-state index contributed by atoms with van der Waals surface area (Å²) in [4.78, 5) is 11.5. The zero-order valence-electron chi connectivity index (χ0n) is 8.07. The first-order valence-electron chi connectivity index (χ1n) is 3.94. The van der Waals surface area contributed by atoms with E-state index in [4.69, 9.17) is 11.6 Å². The summed E-state index contributed by atoms with van der Waals surface area (Å²) in [5, 5.41) is 3.14. The van der Waals surface area contributed by atoms with E-state index in [1.54, 1.807) is 13.8 Å². The van der Waals surface area contributed by atoms with Crippen LogP contribution in [0.4, 0.5) is 0 Å². The minimum Gasteiger partial charge on any atom is -0.353 e. The fraction of sp³-hybridized carbons (Fsp3) is 0.667. The molecule has 0 atom stereocenters. The van der Waals surface area contributed by atoms with Gasteiger partial charge in [0, 0.05) is 11.1 Å². The molecule has 0 spiro atoms. The Morgan fingerprint density at radius 1 is 1.50 bits per heavy atom. The van der Waals surface area contributed by atoms with Gasteiger partial charge in [0.15, 0.2) is 0 Å². The summed E-state index contributed by atoms with van der Waals surface area (Å²) in [6.45, 7) is 10.9. The Morgan fingerprint density at radius 2 is 1.92 bits per heavy atom. The molecule has 0 aliphatic carbocycles. The lowest BCUT2D eigenvalue weighted by Crippen LogP contribution is -2.40. The second-order valence-electron chi connectivity index (χ2n) is 3.66. The van der Waals surface area contributed by atoms with Crippen LogP contribution in [0.5, 0.6) is 0 Å². The SMILES string of the molecule is C=C(Cl)C(C)(C)C(=O)NC(C)C. The first-order valence-corrected chi connectivity index (χ1v) is 4.32. The van der Waals surface area contributed by atoms with E-state index in [2.05, 4.69) is 11.9 Å². The lowest BCUT2D eigenvalue weighted by molar-refractivity contribution is -0.127. The molecule has 0 aromatic carbocycles. The van der Waals surface area contributed by atoms with Crippen LogP contribution < -0.4 is 5.32 Å². The van der Waals surface area contributed by atoms with Crippen molar-refractivity contribution in [3.63, 3.8) is 0 Å². The van der Waals surface area contributed by atoms with Crippen LogP contribution in [0.1, 0.15) is 27.7 Å². The third-order valence-corrected chi connectivity index (χ3v) is 2.14. The monoisotopic (exact) mass is 189 g/mol. The second kappa shape index (κ2) is 3.94. The predicted molar refractivity (Wildman–Crippen MR) is 52.1 cm³/mol. The summed E-state index contributed by atoms with van der Waals surface area (Å²) in [6.07, 6.45) is 0. The molecule has 3 heteroatoms. The van der Waals surface area contributed by atoms with E-state index in [1.807, 2.05) is 13.8 Å². The lowest BCUT2D eigenvalue weighted by atomic mass is 9.92. The molecule has 0 aliphatic heterocycles. The average molecular weight is 190 g/mol. The van der Waals surface area contributed by atoms with Gasteiger partial charge < -0.3 is 5.32 Å². The van der Waals surface area contributed by atoms with Crippen LogP contribution in [-0.2, 0) is 4.79 Å². The molecule has 0 unspecified atom stereocenters. The number of amides is 1. The highest BCUT2D eigenvalue weighted by atomic mass is 35.5. The first-order chi connectivity index (χ1) is 5.28. The number of nitrogens with one attached hydrogen (secondary N) is 1. The van der Waals surface area contributed by atoms with Crippen LogP contribution in [-0.4, -0.2) is 11.9 Å². The molecule has 0 saturated carbocycles. The fourth-order valence-electron chi connectivity index (χ4n) is 0.566. The van der Waals surface area contributed by atoms with Crippen molar-refractivity contribution in [2.24, 2.45) is 5.41 Å². The van der Waals surface area contributed by atoms with Crippen molar-refractivity contribution in [1.82, 2.24) is 5.32 Å². The third kappa shape index (κ3) is 2.86. The Morgan fingerprint density at radius 3 is 2.17 bits per heavy atom. The Kier molecular flexibility index (Phi) is 3.78. The fourth-order valence-corrected chi connectivity index (χ4v) is 0.652. The van der Waals surface area contributed by atoms with Crippen molar-refractivity contribution in [2.45, 2.75) is 33.7 Å². The average Bonchev–Trinajstić information content (AvgIpc) is 1.85. The molecule has 70 valence electrons. The highest BCUT2D eigenvalue weighted by Crippen LogP contribution is 2.27. The van der Waals surface area contributed by atoms with Gasteiger partial charge >= 0.3 is 0 Å². The highest BCUT2D eigenvalue weighted by molar-refractivity contribution is 6.31. The zero-order valence-corrected chi connectivity index (χ0v) is 8.83. The molecule has 0 fully saturated rings. The summed E-state index contributed by atoms with van der Waals surface area (Å²) in [6, 6.07) is 0.132. The van der Waals surface area contributed by atoms with Crippen LogP contribution in [0.15, 0.2) is 11.6 Å². The van der Waals surface area contributed by atoms with Crippen molar-refractivity contribution in [3.8, 4) is 0 Å². The van der Waals surface area contributed by atoms with Crippen molar-refractivity contribution in [1.29, 1.82) is 0 Å². The minimum absolute atomic E-state index is 0.0856. The van der Waals surface area contributed by atoms with E-state index >= 15 is 0 Å². The molecule has 1 amide bonds. The maximum atomic E-state index is 11.5. The van der Waals surface area contributed by atoms with Gasteiger partial charge in [-0.25, -0.2) is 0 Å². The molecule has 0 aliphatic rings. The van der Waals surface area contributed by atoms with Gasteiger partial charge in [0.2, 0.25) is 5.91 Å². The van der Waals surface area contributed by atoms with Crippen molar-refractivity contribution >= 4 is 17.5 Å². The minimum atomic E-state index is -0.689. The van der Waals surface area contributed by atoms with E-state index < -0.39 is 5.41 Å². The van der Waals surface area contributed by atoms with Gasteiger partial charge in [0.1, 0.15) is 0 Å². The maximum Gasteiger partial charge on any atom is 0.231 e. The molecule has 0 radical (unpaired) electrons. The van der Waals surface area contributed by atoms with E-state index in [9.17, 15) is 4.79 Å². The molecule has 0 aromatic heterocycles. The van der Waals surface area contributed by atoms with E-state index in [1.165, 1.54) is 0 Å². The van der Waals surface area contributed by atoms with Crippen LogP contribution in [0, 0.1) is 5.41 Å². The van der Waals surface area contributed by atoms with Gasteiger partial charge in [-0.2, -0.15) is 0 Å². The summed E-state index contributed by atoms with van der Waals surface area (Å²) >= 11 is 5.69. The zero-order chi connectivity index (χ0) is 9.94. The molecule has 12 heavy (non-hydrogen) atoms. The molecular formula is C9H16ClNO. The Balaban J connectivity index is 4.36. The Hall–Kier alpha value is -0.500. The van der Waals surface area contributed by atoms with Gasteiger partial charge in [0.25, 0.3) is 0 Å². The predicted octanol–water partition coefficient (Wildman–Crippen LogP) is 2.29. The van der Waals surface area contributed by atoms with E-state index in [0.717, 1.165) is 0 Å². The van der Waals surface area contributed by atoms with E-state index in [0.29, 0.717) is 5.03 Å². The summed E-state index contributed by atoms with van der Waals surface area (Å²) in [5.74, 6) is -0.0856. The van der Waals surface area contributed by atoms with E-state index in [-0.39, 0.29) is 11.9 Å². The number of rotatable bonds is 3. The third-order valence-electron chi connectivity index (χ3n) is 1.67. The summed E-state index contributed by atoms with van der Waals surface area (Å²) < 4.78 is 0. The summed E-state index contributed by atoms with van der Waals surface area (Å²) in [5.41, 5.74) is -0.689. The molecule has 0 saturated heterocycles. The molecule has 0 bridgehead atoms. The van der Waals surface area contributed by atoms with Crippen molar-refractivity contribution in [3.05, 3.63) is 11.6 Å². The highest BCUT2D eigenvalue weighted by Gasteiger charge is 2.29. The van der Waals surface area contributed by atoms with Gasteiger partial charge in [-0.3, -0.25) is 4.79 Å². The number of carbonyl (C=O) groups is 1. The van der Waals surface area contributed by atoms with Crippen molar-refractivity contribution in [2.75, 3.05) is 0 Å². The standard InChI is InChI=1S/C9H16ClNO/c1-6(2)11-8(12)9(4,5)7(3)10/h6H,3H2,1-2,4-5H3,(H,11,12). The van der Waals surface area contributed by atoms with Crippen LogP contribution in [0.3, 0.4) is 0 Å². The maximum absolute atomic E-state index is 11.5. The van der Waals surface area contributed by atoms with Crippen LogP contribution in [0.2, 0.25) is 0 Å². The largest absolute Gasteiger partial charge is 0.353 e. The summed E-state index contributed by atoms with van der Waals surface area (Å²) in [7, 11) is 0. The normalized spacial score (nSPS) is 11.5. The van der Waals surface area contributed by atoms with Gasteiger partial charge in [-0.05, 0) is 27.7 Å². The molecule has 2 nitrogen and oxygen atoms in total. The first kappa shape index (κ1) is 11.5. The van der Waals surface area contributed by atoms with Gasteiger partial charge in [-0.1, -0.05) is 18.2 Å². The number of hydrogen-bond donors (Lipinski definition) is 1. The van der Waals surface area contributed by atoms with Gasteiger partial charge in [-0.15, -0.1) is 0 Å². The van der Waals surface area contributed by atoms with Gasteiger partial charge in [0.05, 0.1) is 5.41 Å². The Bertz CT molecular complexity index is 197. The number of halogens is 1. The smallest absolute Gasteiger partial charge is 0.231 e. The number of carbonyl (C=O) groups excluding carboxylic acids is 1. The second-order valence-corrected chi connectivity index (χ2v) is 4.11.